The molecular weight excluding hydrogens is 330 g/mol. The van der Waals surface area contributed by atoms with Gasteiger partial charge < -0.3 is 10.1 Å². The first-order chi connectivity index (χ1) is 11.9. The number of aromatic nitrogens is 2. The minimum absolute atomic E-state index is 0.125. The van der Waals surface area contributed by atoms with Crippen LogP contribution in [0, 0.1) is 5.92 Å². The van der Waals surface area contributed by atoms with E-state index < -0.39 is 12.0 Å². The number of carbonyl (C=O) groups excluding carboxylic acids is 1. The standard InChI is InChI=1S/C17H26F2N4O2/c1-12(2)10-23-11-13(14(21-23)15(18)19)20-16(24)17(4-3-5-17)22-6-8-25-9-7-22/h11-12,15H,3-10H2,1-2H3,(H,20,24). The summed E-state index contributed by atoms with van der Waals surface area (Å²) in [4.78, 5) is 15.1. The van der Waals surface area contributed by atoms with E-state index in [0.29, 0.717) is 32.8 Å². The Labute approximate surface area is 146 Å². The highest BCUT2D eigenvalue weighted by molar-refractivity contribution is 5.99. The van der Waals surface area contributed by atoms with Crippen molar-refractivity contribution >= 4 is 11.6 Å². The van der Waals surface area contributed by atoms with Gasteiger partial charge in [0.25, 0.3) is 6.43 Å². The molecule has 8 heteroatoms. The molecule has 0 aromatic carbocycles. The van der Waals surface area contributed by atoms with Gasteiger partial charge in [0.2, 0.25) is 5.91 Å². The topological polar surface area (TPSA) is 59.4 Å². The minimum Gasteiger partial charge on any atom is -0.379 e. The van der Waals surface area contributed by atoms with Crippen molar-refractivity contribution in [3.63, 3.8) is 0 Å². The summed E-state index contributed by atoms with van der Waals surface area (Å²) in [5, 5.41) is 6.70. The van der Waals surface area contributed by atoms with E-state index in [1.165, 1.54) is 10.9 Å². The number of morpholine rings is 1. The summed E-state index contributed by atoms with van der Waals surface area (Å²) in [6.07, 6.45) is 1.28. The van der Waals surface area contributed by atoms with Crippen LogP contribution < -0.4 is 5.32 Å². The molecule has 1 aromatic heterocycles. The first-order valence-electron chi connectivity index (χ1n) is 8.92. The number of nitrogens with one attached hydrogen (secondary N) is 1. The predicted octanol–water partition coefficient (Wildman–Crippen LogP) is 2.67. The zero-order valence-corrected chi connectivity index (χ0v) is 14.8. The lowest BCUT2D eigenvalue weighted by Crippen LogP contribution is -2.63. The summed E-state index contributed by atoms with van der Waals surface area (Å²) in [6.45, 7) is 7.11. The number of alkyl halides is 2. The van der Waals surface area contributed by atoms with Gasteiger partial charge in [0.05, 0.1) is 18.9 Å². The number of hydrogen-bond donors (Lipinski definition) is 1. The number of halogens is 2. The molecule has 1 saturated heterocycles. The van der Waals surface area contributed by atoms with Crippen LogP contribution in [0.15, 0.2) is 6.20 Å². The molecule has 1 saturated carbocycles. The van der Waals surface area contributed by atoms with Gasteiger partial charge in [-0.3, -0.25) is 14.4 Å². The maximum atomic E-state index is 13.3. The molecule has 25 heavy (non-hydrogen) atoms. The predicted molar refractivity (Wildman–Crippen MR) is 89.6 cm³/mol. The molecule has 3 rings (SSSR count). The summed E-state index contributed by atoms with van der Waals surface area (Å²) < 4.78 is 33.5. The molecule has 1 aliphatic heterocycles. The number of hydrogen-bond acceptors (Lipinski definition) is 4. The van der Waals surface area contributed by atoms with Crippen LogP contribution in [0.25, 0.3) is 0 Å². The molecule has 2 aliphatic rings. The average molecular weight is 356 g/mol. The quantitative estimate of drug-likeness (QED) is 0.851. The van der Waals surface area contributed by atoms with Crippen molar-refractivity contribution in [2.75, 3.05) is 31.6 Å². The highest BCUT2D eigenvalue weighted by Gasteiger charge is 2.49. The minimum atomic E-state index is -2.72. The summed E-state index contributed by atoms with van der Waals surface area (Å²) in [7, 11) is 0. The van der Waals surface area contributed by atoms with Crippen LogP contribution in [0.5, 0.6) is 0 Å². The monoisotopic (exact) mass is 356 g/mol. The first-order valence-corrected chi connectivity index (χ1v) is 8.92. The van der Waals surface area contributed by atoms with Gasteiger partial charge in [-0.15, -0.1) is 0 Å². The molecule has 1 N–H and O–H groups in total. The first kappa shape index (κ1) is 18.3. The third-order valence-corrected chi connectivity index (χ3v) is 5.02. The number of rotatable bonds is 6. The van der Waals surface area contributed by atoms with Crippen LogP contribution in [0.1, 0.15) is 45.2 Å². The van der Waals surface area contributed by atoms with Crippen molar-refractivity contribution in [2.45, 2.75) is 51.6 Å². The zero-order chi connectivity index (χ0) is 18.0. The van der Waals surface area contributed by atoms with Crippen LogP contribution in [-0.4, -0.2) is 52.4 Å². The second-order valence-corrected chi connectivity index (χ2v) is 7.28. The Bertz CT molecular complexity index is 608. The van der Waals surface area contributed by atoms with Crippen molar-refractivity contribution in [1.29, 1.82) is 0 Å². The Morgan fingerprint density at radius 1 is 1.36 bits per heavy atom. The van der Waals surface area contributed by atoms with E-state index >= 15 is 0 Å². The zero-order valence-electron chi connectivity index (χ0n) is 14.8. The molecule has 1 aromatic rings. The van der Waals surface area contributed by atoms with Crippen LogP contribution in [0.2, 0.25) is 0 Å². The summed E-state index contributed by atoms with van der Waals surface area (Å²) in [5.41, 5.74) is -0.825. The van der Waals surface area contributed by atoms with Gasteiger partial charge in [0, 0.05) is 25.8 Å². The summed E-state index contributed by atoms with van der Waals surface area (Å²) in [5.74, 6) is 0.0759. The van der Waals surface area contributed by atoms with Crippen molar-refractivity contribution in [3.05, 3.63) is 11.9 Å². The molecule has 1 amide bonds. The Morgan fingerprint density at radius 2 is 2.04 bits per heavy atom. The fourth-order valence-electron chi connectivity index (χ4n) is 3.59. The van der Waals surface area contributed by atoms with Crippen LogP contribution >= 0.6 is 0 Å². The molecule has 0 atom stereocenters. The van der Waals surface area contributed by atoms with E-state index in [1.54, 1.807) is 0 Å². The Balaban J connectivity index is 1.78. The van der Waals surface area contributed by atoms with E-state index in [1.807, 2.05) is 13.8 Å². The Kier molecular flexibility index (Phi) is 5.38. The summed E-state index contributed by atoms with van der Waals surface area (Å²) in [6, 6.07) is 0. The van der Waals surface area contributed by atoms with Crippen molar-refractivity contribution in [2.24, 2.45) is 5.92 Å². The van der Waals surface area contributed by atoms with Crippen molar-refractivity contribution in [1.82, 2.24) is 14.7 Å². The van der Waals surface area contributed by atoms with Gasteiger partial charge in [-0.2, -0.15) is 5.10 Å². The van der Waals surface area contributed by atoms with Gasteiger partial charge in [-0.25, -0.2) is 8.78 Å². The third-order valence-electron chi connectivity index (χ3n) is 5.02. The van der Waals surface area contributed by atoms with E-state index in [2.05, 4.69) is 15.3 Å². The number of ether oxygens (including phenoxy) is 1. The van der Waals surface area contributed by atoms with Gasteiger partial charge in [-0.1, -0.05) is 13.8 Å². The highest BCUT2D eigenvalue weighted by atomic mass is 19.3. The number of nitrogens with zero attached hydrogens (tertiary/aromatic N) is 3. The number of amides is 1. The van der Waals surface area contributed by atoms with Gasteiger partial charge in [0.15, 0.2) is 5.69 Å². The Hall–Kier alpha value is -1.54. The van der Waals surface area contributed by atoms with Gasteiger partial charge in [0.1, 0.15) is 5.54 Å². The number of anilines is 1. The maximum absolute atomic E-state index is 13.3. The average Bonchev–Trinajstić information content (AvgIpc) is 2.89. The van der Waals surface area contributed by atoms with E-state index in [4.69, 9.17) is 4.74 Å². The van der Waals surface area contributed by atoms with Crippen LogP contribution in [0.4, 0.5) is 14.5 Å². The van der Waals surface area contributed by atoms with E-state index in [9.17, 15) is 13.6 Å². The lowest BCUT2D eigenvalue weighted by Gasteiger charge is -2.49. The summed E-state index contributed by atoms with van der Waals surface area (Å²) >= 11 is 0. The lowest BCUT2D eigenvalue weighted by molar-refractivity contribution is -0.139. The van der Waals surface area contributed by atoms with Gasteiger partial charge in [-0.05, 0) is 25.2 Å². The molecule has 0 bridgehead atoms. The second kappa shape index (κ2) is 7.37. The van der Waals surface area contributed by atoms with E-state index in [-0.39, 0.29) is 23.2 Å². The van der Waals surface area contributed by atoms with Crippen LogP contribution in [-0.2, 0) is 16.1 Å². The van der Waals surface area contributed by atoms with Crippen molar-refractivity contribution < 1.29 is 18.3 Å². The van der Waals surface area contributed by atoms with Gasteiger partial charge >= 0.3 is 0 Å². The third kappa shape index (κ3) is 3.69. The fraction of sp³-hybridized carbons (Fsp3) is 0.765. The smallest absolute Gasteiger partial charge is 0.284 e. The van der Waals surface area contributed by atoms with Crippen LogP contribution in [0.3, 0.4) is 0 Å². The molecule has 0 unspecified atom stereocenters. The maximum Gasteiger partial charge on any atom is 0.284 e. The highest BCUT2D eigenvalue weighted by Crippen LogP contribution is 2.39. The fourth-order valence-corrected chi connectivity index (χ4v) is 3.59. The SMILES string of the molecule is CC(C)Cn1cc(NC(=O)C2(N3CCOCC3)CCC2)c(C(F)F)n1. The molecule has 140 valence electrons. The Morgan fingerprint density at radius 3 is 2.56 bits per heavy atom. The lowest BCUT2D eigenvalue weighted by atomic mass is 9.74. The second-order valence-electron chi connectivity index (χ2n) is 7.28. The largest absolute Gasteiger partial charge is 0.379 e. The van der Waals surface area contributed by atoms with Crippen molar-refractivity contribution in [3.8, 4) is 0 Å². The molecule has 0 radical (unpaired) electrons. The molecule has 6 nitrogen and oxygen atoms in total. The number of carbonyl (C=O) groups is 1. The molecule has 2 fully saturated rings. The van der Waals surface area contributed by atoms with E-state index in [0.717, 1.165) is 19.3 Å². The molecular formula is C17H26F2N4O2. The molecule has 0 spiro atoms. The normalized spacial score (nSPS) is 20.7. The molecule has 1 aliphatic carbocycles. The molecule has 2 heterocycles.